The standard InChI is InChI=1S/4C4H9O.Ta/c4*1-4(2,3)5;/h4*1-3H3;/q4*-1;+4. The average molecular weight is 473 g/mol. The van der Waals surface area contributed by atoms with Gasteiger partial charge in [-0.1, -0.05) is 83.1 Å². The second kappa shape index (κ2) is 13.1. The van der Waals surface area contributed by atoms with Crippen LogP contribution in [0.5, 0.6) is 0 Å². The van der Waals surface area contributed by atoms with E-state index in [2.05, 4.69) is 0 Å². The molecule has 0 aliphatic rings. The van der Waals surface area contributed by atoms with Crippen molar-refractivity contribution in [2.24, 2.45) is 0 Å². The maximum absolute atomic E-state index is 10.1. The Morgan fingerprint density at radius 1 is 0.333 bits per heavy atom. The molecule has 0 N–H and O–H groups in total. The predicted octanol–water partition coefficient (Wildman–Crippen LogP) is 0.578. The molecule has 21 heavy (non-hydrogen) atoms. The van der Waals surface area contributed by atoms with Crippen molar-refractivity contribution >= 4 is 0 Å². The van der Waals surface area contributed by atoms with Gasteiger partial charge >= 0.3 is 22.4 Å². The molecule has 0 fully saturated rings. The van der Waals surface area contributed by atoms with E-state index in [0.717, 1.165) is 0 Å². The zero-order valence-corrected chi connectivity index (χ0v) is 19.3. The molecule has 0 spiro atoms. The molecule has 5 heteroatoms. The van der Waals surface area contributed by atoms with Gasteiger partial charge in [0.1, 0.15) is 0 Å². The van der Waals surface area contributed by atoms with Crippen molar-refractivity contribution in [2.45, 2.75) is 105 Å². The summed E-state index contributed by atoms with van der Waals surface area (Å²) in [5.74, 6) is 0. The van der Waals surface area contributed by atoms with Crippen molar-refractivity contribution in [2.75, 3.05) is 0 Å². The minimum atomic E-state index is -0.750. The Bertz CT molecular complexity index is 130. The molecule has 0 amide bonds. The van der Waals surface area contributed by atoms with Crippen LogP contribution in [0, 0.1) is 0 Å². The van der Waals surface area contributed by atoms with Crippen LogP contribution in [-0.4, -0.2) is 22.4 Å². The van der Waals surface area contributed by atoms with Crippen molar-refractivity contribution in [1.29, 1.82) is 0 Å². The van der Waals surface area contributed by atoms with Gasteiger partial charge in [-0.25, -0.2) is 0 Å². The summed E-state index contributed by atoms with van der Waals surface area (Å²) in [6, 6.07) is 0. The van der Waals surface area contributed by atoms with E-state index in [0.29, 0.717) is 0 Å². The summed E-state index contributed by atoms with van der Waals surface area (Å²) >= 11 is 0. The Kier molecular flexibility index (Phi) is 20.7. The Morgan fingerprint density at radius 3 is 0.333 bits per heavy atom. The number of hydrogen-bond donors (Lipinski definition) is 0. The molecule has 0 aliphatic heterocycles. The fraction of sp³-hybridized carbons (Fsp3) is 1.00. The first-order valence-electron chi connectivity index (χ1n) is 6.82. The summed E-state index contributed by atoms with van der Waals surface area (Å²) in [6.07, 6.45) is 0. The molecule has 129 valence electrons. The van der Waals surface area contributed by atoms with Crippen LogP contribution in [-0.2, 0) is 22.4 Å². The average Bonchev–Trinajstić information content (AvgIpc) is 1.62. The molecule has 0 unspecified atom stereocenters. The smallest absolute Gasteiger partial charge is 0.850 e. The van der Waals surface area contributed by atoms with E-state index in [1.165, 1.54) is 0 Å². The SMILES string of the molecule is CC(C)(C)[O-].CC(C)(C)[O-].CC(C)(C)[O-].CC(C)(C)[O-].[Ta+4]. The third-order valence-electron chi connectivity index (χ3n) is 0. The van der Waals surface area contributed by atoms with Gasteiger partial charge in [0.15, 0.2) is 0 Å². The zero-order valence-electron chi connectivity index (χ0n) is 16.1. The topological polar surface area (TPSA) is 92.2 Å². The van der Waals surface area contributed by atoms with Crippen molar-refractivity contribution in [3.63, 3.8) is 0 Å². The minimum absolute atomic E-state index is 0. The molecule has 0 atom stereocenters. The monoisotopic (exact) mass is 473 g/mol. The van der Waals surface area contributed by atoms with Crippen LogP contribution in [0.2, 0.25) is 0 Å². The van der Waals surface area contributed by atoms with Crippen LogP contribution in [0.1, 0.15) is 83.1 Å². The van der Waals surface area contributed by atoms with Gasteiger partial charge in [-0.2, -0.15) is 0 Å². The van der Waals surface area contributed by atoms with Crippen molar-refractivity contribution in [3.8, 4) is 0 Å². The summed E-state index contributed by atoms with van der Waals surface area (Å²) < 4.78 is 0. The minimum Gasteiger partial charge on any atom is -0.850 e. The van der Waals surface area contributed by atoms with Crippen LogP contribution in [0.25, 0.3) is 0 Å². The van der Waals surface area contributed by atoms with Crippen LogP contribution >= 0.6 is 0 Å². The van der Waals surface area contributed by atoms with Gasteiger partial charge in [-0.15, -0.1) is 22.4 Å². The van der Waals surface area contributed by atoms with Crippen LogP contribution in [0.3, 0.4) is 0 Å². The normalized spacial score (nSPS) is 11.4. The molecule has 0 aliphatic carbocycles. The van der Waals surface area contributed by atoms with Gasteiger partial charge in [0.2, 0.25) is 0 Å². The van der Waals surface area contributed by atoms with Gasteiger partial charge in [0.25, 0.3) is 0 Å². The van der Waals surface area contributed by atoms with Crippen LogP contribution in [0.15, 0.2) is 0 Å². The zero-order chi connectivity index (χ0) is 18.0. The molecule has 0 saturated carbocycles. The molecule has 0 bridgehead atoms. The summed E-state index contributed by atoms with van der Waals surface area (Å²) in [7, 11) is 0. The second-order valence-corrected chi connectivity index (χ2v) is 8.45. The second-order valence-electron chi connectivity index (χ2n) is 8.45. The largest absolute Gasteiger partial charge is 4.00 e. The first-order valence-corrected chi connectivity index (χ1v) is 6.82. The van der Waals surface area contributed by atoms with E-state index in [9.17, 15) is 20.4 Å². The van der Waals surface area contributed by atoms with Crippen LogP contribution in [0.4, 0.5) is 0 Å². The Hall–Kier alpha value is 0.580. The molecule has 1 radical (unpaired) electrons. The first kappa shape index (κ1) is 33.2. The van der Waals surface area contributed by atoms with E-state index in [4.69, 9.17) is 0 Å². The Morgan fingerprint density at radius 2 is 0.333 bits per heavy atom. The van der Waals surface area contributed by atoms with Gasteiger partial charge < -0.3 is 20.4 Å². The number of hydrogen-bond acceptors (Lipinski definition) is 4. The Labute approximate surface area is 148 Å². The molecule has 4 nitrogen and oxygen atoms in total. The van der Waals surface area contributed by atoms with E-state index in [-0.39, 0.29) is 22.4 Å². The molecule has 0 aromatic rings. The molecule has 0 aromatic carbocycles. The first-order chi connectivity index (χ1) is 8.00. The molecule has 0 heterocycles. The molecule has 0 aromatic heterocycles. The van der Waals surface area contributed by atoms with Gasteiger partial charge in [-0.3, -0.25) is 0 Å². The Balaban J connectivity index is -0.0000000533. The van der Waals surface area contributed by atoms with Gasteiger partial charge in [0.05, 0.1) is 0 Å². The van der Waals surface area contributed by atoms with Crippen molar-refractivity contribution < 1.29 is 42.8 Å². The third kappa shape index (κ3) is 21100. The summed E-state index contributed by atoms with van der Waals surface area (Å²) in [5.41, 5.74) is -3.00. The molecule has 0 saturated heterocycles. The molecular formula is C16H36O4Ta. The van der Waals surface area contributed by atoms with Gasteiger partial charge in [0, 0.05) is 0 Å². The van der Waals surface area contributed by atoms with E-state index >= 15 is 0 Å². The summed E-state index contributed by atoms with van der Waals surface area (Å²) in [5, 5.41) is 40.4. The van der Waals surface area contributed by atoms with E-state index < -0.39 is 22.4 Å². The quantitative estimate of drug-likeness (QED) is 0.515. The maximum Gasteiger partial charge on any atom is 4.00 e. The molecule has 0 rings (SSSR count). The fourth-order valence-corrected chi connectivity index (χ4v) is 0. The third-order valence-corrected chi connectivity index (χ3v) is 0. The summed E-state index contributed by atoms with van der Waals surface area (Å²) in [4.78, 5) is 0. The molecular weight excluding hydrogens is 437 g/mol. The maximum atomic E-state index is 10.1. The van der Waals surface area contributed by atoms with Crippen molar-refractivity contribution in [3.05, 3.63) is 0 Å². The summed E-state index contributed by atoms with van der Waals surface area (Å²) in [6.45, 7) is 19.6. The predicted molar refractivity (Wildman–Crippen MR) is 79.0 cm³/mol. The van der Waals surface area contributed by atoms with Crippen LogP contribution < -0.4 is 20.4 Å². The van der Waals surface area contributed by atoms with Gasteiger partial charge in [-0.05, 0) is 0 Å². The fourth-order valence-electron chi connectivity index (χ4n) is 0. The van der Waals surface area contributed by atoms with Crippen molar-refractivity contribution in [1.82, 2.24) is 0 Å². The number of rotatable bonds is 0. The van der Waals surface area contributed by atoms with E-state index in [1.807, 2.05) is 0 Å². The van der Waals surface area contributed by atoms with E-state index in [1.54, 1.807) is 83.1 Å².